The van der Waals surface area contributed by atoms with Crippen molar-refractivity contribution in [1.82, 2.24) is 0 Å². The first-order valence-corrected chi connectivity index (χ1v) is 6.69. The summed E-state index contributed by atoms with van der Waals surface area (Å²) in [5, 5.41) is 0. The molecule has 0 aliphatic carbocycles. The third kappa shape index (κ3) is 2.32. The zero-order chi connectivity index (χ0) is 12.4. The van der Waals surface area contributed by atoms with E-state index >= 15 is 0 Å². The topological polar surface area (TPSA) is 0 Å². The fourth-order valence-electron chi connectivity index (χ4n) is 3.00. The molecule has 0 saturated heterocycles. The van der Waals surface area contributed by atoms with Gasteiger partial charge in [0.05, 0.1) is 13.6 Å². The van der Waals surface area contributed by atoms with Crippen molar-refractivity contribution in [2.75, 3.05) is 13.6 Å². The summed E-state index contributed by atoms with van der Waals surface area (Å²) in [5.74, 6) is 0. The van der Waals surface area contributed by atoms with E-state index in [4.69, 9.17) is 0 Å². The predicted octanol–water partition coefficient (Wildman–Crippen LogP) is 3.39. The Hall–Kier alpha value is -1.60. The Morgan fingerprint density at radius 2 is 1.56 bits per heavy atom. The Morgan fingerprint density at radius 3 is 2.33 bits per heavy atom. The molecule has 0 spiro atoms. The SMILES string of the molecule is C[N+]1(Cc2ccccc2)CCc2ccccc2C1. The van der Waals surface area contributed by atoms with Gasteiger partial charge in [0.1, 0.15) is 13.1 Å². The molecule has 1 nitrogen and oxygen atoms in total. The van der Waals surface area contributed by atoms with E-state index in [1.165, 1.54) is 24.1 Å². The summed E-state index contributed by atoms with van der Waals surface area (Å²) in [6.45, 7) is 3.53. The molecule has 18 heavy (non-hydrogen) atoms. The lowest BCUT2D eigenvalue weighted by atomic mass is 9.97. The summed E-state index contributed by atoms with van der Waals surface area (Å²) in [4.78, 5) is 0. The summed E-state index contributed by atoms with van der Waals surface area (Å²) < 4.78 is 1.13. The average molecular weight is 238 g/mol. The van der Waals surface area contributed by atoms with Crippen molar-refractivity contribution in [3.8, 4) is 0 Å². The Labute approximate surface area is 109 Å². The first-order valence-electron chi connectivity index (χ1n) is 6.69. The van der Waals surface area contributed by atoms with E-state index in [0.29, 0.717) is 0 Å². The second-order valence-corrected chi connectivity index (χ2v) is 5.66. The van der Waals surface area contributed by atoms with Crippen molar-refractivity contribution >= 4 is 0 Å². The number of nitrogens with zero attached hydrogens (tertiary/aromatic N) is 1. The number of quaternary nitrogens is 1. The maximum atomic E-state index is 2.38. The van der Waals surface area contributed by atoms with Crippen molar-refractivity contribution in [1.29, 1.82) is 0 Å². The molecule has 1 heteroatoms. The highest BCUT2D eigenvalue weighted by Crippen LogP contribution is 2.25. The Morgan fingerprint density at radius 1 is 0.889 bits per heavy atom. The fourth-order valence-corrected chi connectivity index (χ4v) is 3.00. The van der Waals surface area contributed by atoms with E-state index in [0.717, 1.165) is 17.6 Å². The minimum absolute atomic E-state index is 1.13. The summed E-state index contributed by atoms with van der Waals surface area (Å²) >= 11 is 0. The first-order chi connectivity index (χ1) is 8.75. The van der Waals surface area contributed by atoms with E-state index in [9.17, 15) is 0 Å². The zero-order valence-electron chi connectivity index (χ0n) is 11.0. The minimum Gasteiger partial charge on any atom is -0.318 e. The molecule has 1 aliphatic rings. The molecule has 0 aromatic heterocycles. The molecule has 2 aromatic carbocycles. The van der Waals surface area contributed by atoms with Crippen LogP contribution in [0.1, 0.15) is 16.7 Å². The standard InChI is InChI=1S/C17H20N/c1-18(13-15-7-3-2-4-8-15)12-11-16-9-5-6-10-17(16)14-18/h2-10H,11-14H2,1H3/q+1. The number of hydrogen-bond donors (Lipinski definition) is 0. The molecule has 2 aromatic rings. The van der Waals surface area contributed by atoms with E-state index < -0.39 is 0 Å². The number of hydrogen-bond acceptors (Lipinski definition) is 0. The summed E-state index contributed by atoms with van der Waals surface area (Å²) in [5.41, 5.74) is 4.52. The fraction of sp³-hybridized carbons (Fsp3) is 0.294. The molecular weight excluding hydrogens is 218 g/mol. The van der Waals surface area contributed by atoms with Gasteiger partial charge in [-0.25, -0.2) is 0 Å². The van der Waals surface area contributed by atoms with Gasteiger partial charge in [0.25, 0.3) is 0 Å². The van der Waals surface area contributed by atoms with E-state index in [-0.39, 0.29) is 0 Å². The van der Waals surface area contributed by atoms with Crippen LogP contribution in [0.25, 0.3) is 0 Å². The summed E-state index contributed by atoms with van der Waals surface area (Å²) in [6, 6.07) is 19.7. The highest BCUT2D eigenvalue weighted by Gasteiger charge is 2.28. The van der Waals surface area contributed by atoms with Crippen LogP contribution in [0.15, 0.2) is 54.6 Å². The first kappa shape index (κ1) is 11.5. The van der Waals surface area contributed by atoms with Crippen LogP contribution in [0.5, 0.6) is 0 Å². The maximum Gasteiger partial charge on any atom is 0.105 e. The molecule has 0 saturated carbocycles. The molecule has 1 atom stereocenters. The molecule has 3 rings (SSSR count). The normalized spacial score (nSPS) is 22.5. The van der Waals surface area contributed by atoms with Gasteiger partial charge >= 0.3 is 0 Å². The lowest BCUT2D eigenvalue weighted by molar-refractivity contribution is -0.937. The lowest BCUT2D eigenvalue weighted by Crippen LogP contribution is -2.46. The highest BCUT2D eigenvalue weighted by atomic mass is 15.3. The van der Waals surface area contributed by atoms with Gasteiger partial charge in [-0.2, -0.15) is 0 Å². The minimum atomic E-state index is 1.13. The van der Waals surface area contributed by atoms with Crippen LogP contribution in [0, 0.1) is 0 Å². The number of fused-ring (bicyclic) bond motifs is 1. The monoisotopic (exact) mass is 238 g/mol. The molecular formula is C17H20N+. The molecule has 1 heterocycles. The van der Waals surface area contributed by atoms with Crippen LogP contribution < -0.4 is 0 Å². The lowest BCUT2D eigenvalue weighted by Gasteiger charge is -2.38. The highest BCUT2D eigenvalue weighted by molar-refractivity contribution is 5.27. The zero-order valence-corrected chi connectivity index (χ0v) is 11.0. The molecule has 1 unspecified atom stereocenters. The van der Waals surface area contributed by atoms with E-state index in [1.807, 2.05) is 0 Å². The van der Waals surface area contributed by atoms with E-state index in [1.54, 1.807) is 5.56 Å². The number of rotatable bonds is 2. The van der Waals surface area contributed by atoms with Gasteiger partial charge in [-0.15, -0.1) is 0 Å². The molecule has 0 N–H and O–H groups in total. The van der Waals surface area contributed by atoms with Crippen molar-refractivity contribution < 1.29 is 4.48 Å². The van der Waals surface area contributed by atoms with Crippen molar-refractivity contribution in [3.63, 3.8) is 0 Å². The Balaban J connectivity index is 1.82. The maximum absolute atomic E-state index is 2.38. The second-order valence-electron chi connectivity index (χ2n) is 5.66. The predicted molar refractivity (Wildman–Crippen MR) is 75.0 cm³/mol. The third-order valence-corrected chi connectivity index (χ3v) is 4.00. The summed E-state index contributed by atoms with van der Waals surface area (Å²) in [7, 11) is 2.38. The Kier molecular flexibility index (Phi) is 2.92. The van der Waals surface area contributed by atoms with Gasteiger partial charge in [0, 0.05) is 17.5 Å². The van der Waals surface area contributed by atoms with Gasteiger partial charge in [0.15, 0.2) is 0 Å². The molecule has 0 fully saturated rings. The van der Waals surface area contributed by atoms with Crippen molar-refractivity contribution in [2.45, 2.75) is 19.5 Å². The van der Waals surface area contributed by atoms with Gasteiger partial charge < -0.3 is 4.48 Å². The average Bonchev–Trinajstić information content (AvgIpc) is 2.39. The van der Waals surface area contributed by atoms with Gasteiger partial charge in [-0.05, 0) is 5.56 Å². The smallest absolute Gasteiger partial charge is 0.105 e. The van der Waals surface area contributed by atoms with Crippen molar-refractivity contribution in [3.05, 3.63) is 71.3 Å². The summed E-state index contributed by atoms with van der Waals surface area (Å²) in [6.07, 6.45) is 1.21. The number of likely N-dealkylation sites (N-methyl/N-ethyl adjacent to an activating group) is 1. The Bertz CT molecular complexity index is 532. The van der Waals surface area contributed by atoms with Crippen molar-refractivity contribution in [2.24, 2.45) is 0 Å². The molecule has 92 valence electrons. The van der Waals surface area contributed by atoms with Crippen LogP contribution in [0.2, 0.25) is 0 Å². The van der Waals surface area contributed by atoms with Crippen LogP contribution in [0.3, 0.4) is 0 Å². The van der Waals surface area contributed by atoms with Gasteiger partial charge in [0.2, 0.25) is 0 Å². The van der Waals surface area contributed by atoms with E-state index in [2.05, 4.69) is 61.6 Å². The number of benzene rings is 2. The van der Waals surface area contributed by atoms with Gasteiger partial charge in [-0.3, -0.25) is 0 Å². The van der Waals surface area contributed by atoms with Crippen LogP contribution >= 0.6 is 0 Å². The quantitative estimate of drug-likeness (QED) is 0.704. The molecule has 1 aliphatic heterocycles. The van der Waals surface area contributed by atoms with Gasteiger partial charge in [-0.1, -0.05) is 54.6 Å². The molecule has 0 bridgehead atoms. The largest absolute Gasteiger partial charge is 0.318 e. The molecule has 0 amide bonds. The van der Waals surface area contributed by atoms with Crippen LogP contribution in [-0.4, -0.2) is 18.1 Å². The molecule has 0 radical (unpaired) electrons. The third-order valence-electron chi connectivity index (χ3n) is 4.00. The second kappa shape index (κ2) is 4.58. The van der Waals surface area contributed by atoms with Crippen LogP contribution in [-0.2, 0) is 19.5 Å². The van der Waals surface area contributed by atoms with Crippen LogP contribution in [0.4, 0.5) is 0 Å².